The van der Waals surface area contributed by atoms with Gasteiger partial charge in [0.05, 0.1) is 37.2 Å². The third kappa shape index (κ3) is 10.7. The zero-order valence-electron chi connectivity index (χ0n) is 35.8. The van der Waals surface area contributed by atoms with Crippen LogP contribution in [0.4, 0.5) is 9.59 Å². The van der Waals surface area contributed by atoms with Gasteiger partial charge in [0.15, 0.2) is 0 Å². The molecule has 2 saturated heterocycles. The monoisotopic (exact) mass is 925 g/mol. The van der Waals surface area contributed by atoms with E-state index in [0.29, 0.717) is 42.7 Å². The molecule has 0 radical (unpaired) electrons. The molecule has 0 spiro atoms. The first kappa shape index (κ1) is 51.7. The molecule has 3 aliphatic heterocycles. The van der Waals surface area contributed by atoms with Crippen LogP contribution in [0.15, 0.2) is 70.6 Å². The second-order valence-electron chi connectivity index (χ2n) is 16.0. The lowest BCUT2D eigenvalue weighted by Gasteiger charge is -2.31. The van der Waals surface area contributed by atoms with E-state index in [9.17, 15) is 24.0 Å². The Morgan fingerprint density at radius 1 is 0.710 bits per heavy atom. The van der Waals surface area contributed by atoms with Gasteiger partial charge in [-0.2, -0.15) is 54.0 Å². The number of rotatable bonds is 10. The highest BCUT2D eigenvalue weighted by Gasteiger charge is 2.39. The third-order valence-electron chi connectivity index (χ3n) is 11.6. The minimum absolute atomic E-state index is 0. The van der Waals surface area contributed by atoms with Crippen molar-refractivity contribution in [2.75, 3.05) is 27.3 Å². The van der Waals surface area contributed by atoms with E-state index in [1.165, 1.54) is 14.2 Å². The summed E-state index contributed by atoms with van der Waals surface area (Å²) in [5.74, 6) is -0.218. The van der Waals surface area contributed by atoms with Gasteiger partial charge in [-0.25, -0.2) is 14.6 Å². The molecule has 0 aliphatic carbocycles. The smallest absolute Gasteiger partial charge is 0.407 e. The molecule has 4 heterocycles. The van der Waals surface area contributed by atoms with Crippen LogP contribution in [-0.2, 0) is 19.1 Å². The number of carbonyl (C=O) groups is 4. The maximum Gasteiger partial charge on any atom is 0.407 e. The Bertz CT molecular complexity index is 2410. The highest BCUT2D eigenvalue weighted by molar-refractivity contribution is 7.59. The first-order valence-corrected chi connectivity index (χ1v) is 20.0. The van der Waals surface area contributed by atoms with Crippen molar-refractivity contribution in [3.8, 4) is 11.1 Å². The summed E-state index contributed by atoms with van der Waals surface area (Å²) in [6, 6.07) is 16.2. The number of carbonyl (C=O) groups excluding carboxylic acids is 4. The lowest BCUT2D eigenvalue weighted by Crippen LogP contribution is -2.53. The SMILES string of the molecule is COC(=O)N[C@H](C(=O)N1CCC[C@H]1C1=NC=C(c2ccc3cc(-c4ccc5c(=O)[nH]c([C@@H]6CCCN6C(=O)[C@@H](NC(=O)OC)C(C)C)nc5c4)ccc3c2)C1)C(C)C.S.S.S.S. The predicted molar refractivity (Wildman–Crippen MR) is 264 cm³/mol. The predicted octanol–water partition coefficient (Wildman–Crippen LogP) is 6.80. The van der Waals surface area contributed by atoms with Gasteiger partial charge < -0.3 is 34.9 Å². The van der Waals surface area contributed by atoms with Crippen LogP contribution in [0, 0.1) is 11.8 Å². The average Bonchev–Trinajstić information content (AvgIpc) is 4.02. The molecule has 336 valence electrons. The molecular formula is C44H59N7O7S4. The van der Waals surface area contributed by atoms with Gasteiger partial charge in [0.2, 0.25) is 11.8 Å². The summed E-state index contributed by atoms with van der Waals surface area (Å²) >= 11 is 0. The van der Waals surface area contributed by atoms with Gasteiger partial charge in [-0.15, -0.1) is 0 Å². The number of benzene rings is 3. The van der Waals surface area contributed by atoms with Gasteiger partial charge in [-0.1, -0.05) is 58.0 Å². The van der Waals surface area contributed by atoms with Crippen LogP contribution in [0.1, 0.15) is 77.2 Å². The van der Waals surface area contributed by atoms with Crippen LogP contribution >= 0.6 is 54.0 Å². The molecule has 3 N–H and O–H groups in total. The van der Waals surface area contributed by atoms with Crippen molar-refractivity contribution in [2.45, 2.75) is 84.0 Å². The Labute approximate surface area is 389 Å². The molecule has 14 nitrogen and oxygen atoms in total. The standard InChI is InChI=1S/C44H51N7O7.4H2S/c1-24(2)37(47-43(55)57-5)41(53)50-17-7-9-35(50)34-22-31(23-45-34)29-14-13-26-19-28(12-11-27(26)20-29)30-15-16-32-33(21-30)46-39(49-40(32)52)36-10-8-18-51(36)42(54)38(25(3)4)48-44(56)58-6;;;;/h11-16,19-21,23-25,35-38H,7-10,17-18,22H2,1-6H3,(H,47,55)(H,48,56)(H,46,49,52);4*1H2/t35-,36-,37-,38-;;;;/m0..../s1. The van der Waals surface area contributed by atoms with Crippen molar-refractivity contribution in [1.82, 2.24) is 30.4 Å². The number of methoxy groups -OCH3 is 2. The molecule has 4 atom stereocenters. The molecule has 1 aromatic heterocycles. The number of fused-ring (bicyclic) bond motifs is 2. The molecule has 0 bridgehead atoms. The summed E-state index contributed by atoms with van der Waals surface area (Å²) in [5.41, 5.74) is 5.21. The largest absolute Gasteiger partial charge is 0.453 e. The number of ether oxygens (including phenoxy) is 2. The Hall–Kier alpha value is -4.65. The zero-order chi connectivity index (χ0) is 41.2. The number of aromatic amines is 1. The molecule has 4 aromatic rings. The fourth-order valence-corrected chi connectivity index (χ4v) is 8.40. The summed E-state index contributed by atoms with van der Waals surface area (Å²) in [6.07, 6.45) is 4.30. The molecule has 3 aliphatic rings. The number of nitrogens with one attached hydrogen (secondary N) is 3. The fraction of sp³-hybridized carbons (Fsp3) is 0.432. The van der Waals surface area contributed by atoms with Crippen molar-refractivity contribution < 1.29 is 28.7 Å². The molecule has 18 heteroatoms. The second kappa shape index (κ2) is 22.1. The van der Waals surface area contributed by atoms with E-state index in [1.807, 2.05) is 50.9 Å². The number of H-pyrrole nitrogens is 1. The van der Waals surface area contributed by atoms with Crippen LogP contribution < -0.4 is 16.2 Å². The molecule has 3 aromatic carbocycles. The molecule has 2 fully saturated rings. The van der Waals surface area contributed by atoms with Crippen LogP contribution in [0.25, 0.3) is 38.4 Å². The van der Waals surface area contributed by atoms with Gasteiger partial charge in [0, 0.05) is 31.4 Å². The lowest BCUT2D eigenvalue weighted by atomic mass is 9.94. The van der Waals surface area contributed by atoms with Crippen molar-refractivity contribution >= 4 is 111 Å². The normalized spacial score (nSPS) is 17.8. The zero-order valence-corrected chi connectivity index (χ0v) is 39.8. The number of hydrogen-bond acceptors (Lipinski definition) is 9. The third-order valence-corrected chi connectivity index (χ3v) is 11.6. The van der Waals surface area contributed by atoms with Crippen molar-refractivity contribution in [3.05, 3.63) is 82.5 Å². The maximum absolute atomic E-state index is 13.7. The van der Waals surface area contributed by atoms with Gasteiger partial charge in [0.25, 0.3) is 5.56 Å². The topological polar surface area (TPSA) is 175 Å². The highest BCUT2D eigenvalue weighted by atomic mass is 32.1. The summed E-state index contributed by atoms with van der Waals surface area (Å²) < 4.78 is 9.53. The Morgan fingerprint density at radius 2 is 1.21 bits per heavy atom. The summed E-state index contributed by atoms with van der Waals surface area (Å²) in [4.78, 5) is 80.9. The minimum atomic E-state index is -0.779. The van der Waals surface area contributed by atoms with Gasteiger partial charge >= 0.3 is 12.2 Å². The van der Waals surface area contributed by atoms with E-state index in [2.05, 4.69) is 52.0 Å². The Kier molecular flexibility index (Phi) is 18.4. The van der Waals surface area contributed by atoms with Crippen molar-refractivity contribution in [3.63, 3.8) is 0 Å². The number of hydrogen-bond donors (Lipinski definition) is 3. The first-order valence-electron chi connectivity index (χ1n) is 20.0. The van der Waals surface area contributed by atoms with E-state index in [-0.39, 0.29) is 89.2 Å². The molecule has 0 unspecified atom stereocenters. The quantitative estimate of drug-likeness (QED) is 0.156. The highest BCUT2D eigenvalue weighted by Crippen LogP contribution is 2.35. The van der Waals surface area contributed by atoms with E-state index in [0.717, 1.165) is 58.0 Å². The van der Waals surface area contributed by atoms with Crippen molar-refractivity contribution in [2.24, 2.45) is 16.8 Å². The summed E-state index contributed by atoms with van der Waals surface area (Å²) in [7, 11) is 2.55. The Balaban J connectivity index is 0.00000256. The minimum Gasteiger partial charge on any atom is -0.453 e. The van der Waals surface area contributed by atoms with E-state index in [1.54, 1.807) is 11.0 Å². The number of alkyl carbamates (subject to hydrolysis) is 2. The van der Waals surface area contributed by atoms with E-state index < -0.39 is 30.3 Å². The van der Waals surface area contributed by atoms with E-state index >= 15 is 0 Å². The molecular weight excluding hydrogens is 867 g/mol. The summed E-state index contributed by atoms with van der Waals surface area (Å²) in [5, 5.41) is 7.94. The van der Waals surface area contributed by atoms with Crippen molar-refractivity contribution in [1.29, 1.82) is 0 Å². The van der Waals surface area contributed by atoms with Crippen LogP contribution in [0.3, 0.4) is 0 Å². The Morgan fingerprint density at radius 3 is 1.77 bits per heavy atom. The van der Waals surface area contributed by atoms with Crippen LogP contribution in [0.5, 0.6) is 0 Å². The fourth-order valence-electron chi connectivity index (χ4n) is 8.40. The first-order chi connectivity index (χ1) is 27.9. The summed E-state index contributed by atoms with van der Waals surface area (Å²) in [6.45, 7) is 8.63. The van der Waals surface area contributed by atoms with E-state index in [4.69, 9.17) is 19.5 Å². The number of aromatic nitrogens is 2. The van der Waals surface area contributed by atoms with Crippen LogP contribution in [0.2, 0.25) is 0 Å². The number of nitrogens with zero attached hydrogens (tertiary/aromatic N) is 4. The number of allylic oxidation sites excluding steroid dienone is 1. The van der Waals surface area contributed by atoms with Gasteiger partial charge in [0.1, 0.15) is 17.9 Å². The number of amides is 4. The van der Waals surface area contributed by atoms with Crippen LogP contribution in [-0.4, -0.2) is 94.9 Å². The van der Waals surface area contributed by atoms with Gasteiger partial charge in [-0.05, 0) is 94.8 Å². The maximum atomic E-state index is 13.7. The molecule has 62 heavy (non-hydrogen) atoms. The average molecular weight is 926 g/mol. The number of likely N-dealkylation sites (tertiary alicyclic amines) is 2. The lowest BCUT2D eigenvalue weighted by molar-refractivity contribution is -0.135. The second-order valence-corrected chi connectivity index (χ2v) is 16.0. The van der Waals surface area contributed by atoms with Gasteiger partial charge in [-0.3, -0.25) is 19.4 Å². The molecule has 0 saturated carbocycles. The molecule has 7 rings (SSSR count). The molecule has 4 amide bonds. The number of aliphatic imine (C=N–C) groups is 1.